The third-order valence-electron chi connectivity index (χ3n) is 1.72. The summed E-state index contributed by atoms with van der Waals surface area (Å²) >= 11 is 0. The molecule has 0 aromatic rings. The van der Waals surface area contributed by atoms with Crippen molar-refractivity contribution in [2.75, 3.05) is 13.2 Å². The van der Waals surface area contributed by atoms with Crippen molar-refractivity contribution in [2.45, 2.75) is 32.6 Å². The van der Waals surface area contributed by atoms with Crippen LogP contribution < -0.4 is 0 Å². The minimum absolute atomic E-state index is 0.121. The molecule has 0 rings (SSSR count). The molecule has 0 aliphatic heterocycles. The van der Waals surface area contributed by atoms with E-state index in [2.05, 4.69) is 13.5 Å². The summed E-state index contributed by atoms with van der Waals surface area (Å²) in [5.74, 6) is -0.978. The molecule has 0 amide bonds. The number of hydrogen-bond donors (Lipinski definition) is 1. The molecule has 76 valence electrons. The van der Waals surface area contributed by atoms with Crippen LogP contribution in [-0.4, -0.2) is 24.3 Å². The topological polar surface area (TPSA) is 46.5 Å². The smallest absolute Gasteiger partial charge is 0.333 e. The molecule has 3 heteroatoms. The number of carboxylic acids is 1. The minimum Gasteiger partial charge on any atom is -0.478 e. The maximum Gasteiger partial charge on any atom is 0.333 e. The summed E-state index contributed by atoms with van der Waals surface area (Å²) in [4.78, 5) is 10.3. The van der Waals surface area contributed by atoms with Gasteiger partial charge in [0.2, 0.25) is 0 Å². The summed E-state index contributed by atoms with van der Waals surface area (Å²) in [6.07, 6.45) is 4.56. The van der Waals surface area contributed by atoms with Crippen LogP contribution in [0.5, 0.6) is 0 Å². The van der Waals surface area contributed by atoms with Gasteiger partial charge in [-0.1, -0.05) is 32.8 Å². The van der Waals surface area contributed by atoms with E-state index in [1.54, 1.807) is 0 Å². The molecule has 0 fully saturated rings. The van der Waals surface area contributed by atoms with Gasteiger partial charge in [0, 0.05) is 6.61 Å². The summed E-state index contributed by atoms with van der Waals surface area (Å²) in [6.45, 7) is 6.28. The highest BCUT2D eigenvalue weighted by molar-refractivity contribution is 5.85. The zero-order valence-electron chi connectivity index (χ0n) is 8.21. The first-order chi connectivity index (χ1) is 6.18. The summed E-state index contributed by atoms with van der Waals surface area (Å²) < 4.78 is 5.12. The second-order valence-corrected chi connectivity index (χ2v) is 3.02. The van der Waals surface area contributed by atoms with E-state index in [9.17, 15) is 4.79 Å². The van der Waals surface area contributed by atoms with Gasteiger partial charge in [0.25, 0.3) is 0 Å². The molecule has 0 aromatic heterocycles. The lowest BCUT2D eigenvalue weighted by molar-refractivity contribution is -0.133. The van der Waals surface area contributed by atoms with E-state index in [1.165, 1.54) is 12.8 Å². The molecule has 13 heavy (non-hydrogen) atoms. The van der Waals surface area contributed by atoms with Gasteiger partial charge in [0.15, 0.2) is 0 Å². The standard InChI is InChI=1S/C10H18O3/c1-3-4-5-6-7-13-8-9(2)10(11)12/h2-8H2,1H3,(H,11,12). The summed E-state index contributed by atoms with van der Waals surface area (Å²) in [6, 6.07) is 0. The second kappa shape index (κ2) is 7.80. The predicted octanol–water partition coefficient (Wildman–Crippen LogP) is 2.22. The Hall–Kier alpha value is -0.830. The fraction of sp³-hybridized carbons (Fsp3) is 0.700. The predicted molar refractivity (Wildman–Crippen MR) is 51.7 cm³/mol. The van der Waals surface area contributed by atoms with Crippen molar-refractivity contribution < 1.29 is 14.6 Å². The molecule has 0 aromatic carbocycles. The zero-order chi connectivity index (χ0) is 10.1. The number of ether oxygens (including phenoxy) is 1. The molecule has 0 radical (unpaired) electrons. The summed E-state index contributed by atoms with van der Waals surface area (Å²) in [7, 11) is 0. The van der Waals surface area contributed by atoms with Crippen LogP contribution in [0.3, 0.4) is 0 Å². The number of carboxylic acid groups (broad SMARTS) is 1. The lowest BCUT2D eigenvalue weighted by atomic mass is 10.2. The first-order valence-electron chi connectivity index (χ1n) is 4.67. The normalized spacial score (nSPS) is 9.92. The summed E-state index contributed by atoms with van der Waals surface area (Å²) in [5, 5.41) is 8.44. The highest BCUT2D eigenvalue weighted by Crippen LogP contribution is 2.00. The second-order valence-electron chi connectivity index (χ2n) is 3.02. The van der Waals surface area contributed by atoms with Gasteiger partial charge in [-0.2, -0.15) is 0 Å². The van der Waals surface area contributed by atoms with E-state index in [4.69, 9.17) is 9.84 Å². The lowest BCUT2D eigenvalue weighted by Gasteiger charge is -2.02. The molecule has 0 spiro atoms. The van der Waals surface area contributed by atoms with Crippen LogP contribution in [0.2, 0.25) is 0 Å². The minimum atomic E-state index is -0.978. The number of aliphatic carboxylic acids is 1. The third kappa shape index (κ3) is 7.53. The van der Waals surface area contributed by atoms with Crippen LogP contribution in [0.25, 0.3) is 0 Å². The Morgan fingerprint density at radius 2 is 2.08 bits per heavy atom. The molecule has 1 N–H and O–H groups in total. The molecule has 0 unspecified atom stereocenters. The average molecular weight is 186 g/mol. The van der Waals surface area contributed by atoms with Gasteiger partial charge in [0.1, 0.15) is 0 Å². The van der Waals surface area contributed by atoms with Crippen molar-refractivity contribution >= 4 is 5.97 Å². The van der Waals surface area contributed by atoms with E-state index < -0.39 is 5.97 Å². The molecular weight excluding hydrogens is 168 g/mol. The Kier molecular flexibility index (Phi) is 7.30. The first-order valence-corrected chi connectivity index (χ1v) is 4.67. The van der Waals surface area contributed by atoms with E-state index in [-0.39, 0.29) is 12.2 Å². The number of unbranched alkanes of at least 4 members (excludes halogenated alkanes) is 3. The van der Waals surface area contributed by atoms with E-state index in [1.807, 2.05) is 0 Å². The van der Waals surface area contributed by atoms with Crippen LogP contribution in [0.4, 0.5) is 0 Å². The Balaban J connectivity index is 3.16. The monoisotopic (exact) mass is 186 g/mol. The van der Waals surface area contributed by atoms with Crippen LogP contribution in [0, 0.1) is 0 Å². The number of rotatable bonds is 8. The zero-order valence-corrected chi connectivity index (χ0v) is 8.21. The molecule has 0 atom stereocenters. The highest BCUT2D eigenvalue weighted by Gasteiger charge is 2.02. The van der Waals surface area contributed by atoms with E-state index in [0.717, 1.165) is 12.8 Å². The van der Waals surface area contributed by atoms with Crippen molar-refractivity contribution in [3.63, 3.8) is 0 Å². The van der Waals surface area contributed by atoms with Crippen LogP contribution in [-0.2, 0) is 9.53 Å². The highest BCUT2D eigenvalue weighted by atomic mass is 16.5. The van der Waals surface area contributed by atoms with Gasteiger partial charge in [-0.3, -0.25) is 0 Å². The molecule has 0 heterocycles. The number of carbonyl (C=O) groups is 1. The van der Waals surface area contributed by atoms with Crippen LogP contribution >= 0.6 is 0 Å². The molecule has 0 saturated carbocycles. The maximum absolute atomic E-state index is 10.3. The third-order valence-corrected chi connectivity index (χ3v) is 1.72. The fourth-order valence-electron chi connectivity index (χ4n) is 0.888. The average Bonchev–Trinajstić information content (AvgIpc) is 2.10. The van der Waals surface area contributed by atoms with Gasteiger partial charge >= 0.3 is 5.97 Å². The Morgan fingerprint density at radius 1 is 1.38 bits per heavy atom. The number of hydrogen-bond acceptors (Lipinski definition) is 2. The van der Waals surface area contributed by atoms with E-state index >= 15 is 0 Å². The van der Waals surface area contributed by atoms with Crippen molar-refractivity contribution in [3.05, 3.63) is 12.2 Å². The van der Waals surface area contributed by atoms with Gasteiger partial charge in [-0.15, -0.1) is 0 Å². The van der Waals surface area contributed by atoms with Gasteiger partial charge < -0.3 is 9.84 Å². The molecule has 3 nitrogen and oxygen atoms in total. The SMILES string of the molecule is C=C(COCCCCCC)C(=O)O. The van der Waals surface area contributed by atoms with Crippen molar-refractivity contribution in [3.8, 4) is 0 Å². The molecular formula is C10H18O3. The Bertz CT molecular complexity index is 164. The fourth-order valence-corrected chi connectivity index (χ4v) is 0.888. The quantitative estimate of drug-likeness (QED) is 0.467. The van der Waals surface area contributed by atoms with Crippen LogP contribution in [0.1, 0.15) is 32.6 Å². The summed E-state index contributed by atoms with van der Waals surface area (Å²) in [5.41, 5.74) is 0.121. The maximum atomic E-state index is 10.3. The first kappa shape index (κ1) is 12.2. The van der Waals surface area contributed by atoms with E-state index in [0.29, 0.717) is 6.61 Å². The van der Waals surface area contributed by atoms with Gasteiger partial charge in [-0.25, -0.2) is 4.79 Å². The molecule has 0 bridgehead atoms. The lowest BCUT2D eigenvalue weighted by Crippen LogP contribution is -2.07. The van der Waals surface area contributed by atoms with Gasteiger partial charge in [0.05, 0.1) is 12.2 Å². The van der Waals surface area contributed by atoms with Crippen molar-refractivity contribution in [2.24, 2.45) is 0 Å². The molecule has 0 saturated heterocycles. The largest absolute Gasteiger partial charge is 0.478 e. The molecule has 0 aliphatic rings. The van der Waals surface area contributed by atoms with Crippen molar-refractivity contribution in [1.82, 2.24) is 0 Å². The van der Waals surface area contributed by atoms with Crippen LogP contribution in [0.15, 0.2) is 12.2 Å². The Labute approximate surface area is 79.4 Å². The van der Waals surface area contributed by atoms with Crippen molar-refractivity contribution in [1.29, 1.82) is 0 Å². The molecule has 0 aliphatic carbocycles. The Morgan fingerprint density at radius 3 is 2.62 bits per heavy atom. The van der Waals surface area contributed by atoms with Gasteiger partial charge in [-0.05, 0) is 6.42 Å².